The second-order valence-electron chi connectivity index (χ2n) is 5.09. The van der Waals surface area contributed by atoms with E-state index in [0.717, 1.165) is 24.8 Å². The first-order chi connectivity index (χ1) is 9.05. The molecule has 1 saturated heterocycles. The van der Waals surface area contributed by atoms with Gasteiger partial charge in [0.1, 0.15) is 0 Å². The molecule has 1 unspecified atom stereocenters. The molecule has 19 heavy (non-hydrogen) atoms. The first-order valence-corrected chi connectivity index (χ1v) is 8.19. The van der Waals surface area contributed by atoms with E-state index in [0.29, 0.717) is 17.9 Å². The minimum atomic E-state index is -3.43. The normalized spacial score (nSPS) is 21.5. The van der Waals surface area contributed by atoms with Crippen LogP contribution in [-0.2, 0) is 10.0 Å². The van der Waals surface area contributed by atoms with Crippen LogP contribution in [0.25, 0.3) is 0 Å². The van der Waals surface area contributed by atoms with Crippen molar-refractivity contribution in [3.63, 3.8) is 0 Å². The van der Waals surface area contributed by atoms with Gasteiger partial charge in [0.05, 0.1) is 4.90 Å². The Morgan fingerprint density at radius 2 is 2.16 bits per heavy atom. The molecule has 0 aromatic heterocycles. The van der Waals surface area contributed by atoms with Gasteiger partial charge in [-0.1, -0.05) is 18.6 Å². The number of aliphatic hydroxyl groups is 1. The van der Waals surface area contributed by atoms with Crippen molar-refractivity contribution in [2.24, 2.45) is 0 Å². The van der Waals surface area contributed by atoms with Gasteiger partial charge in [-0.2, -0.15) is 4.31 Å². The zero-order chi connectivity index (χ0) is 13.9. The topological polar surface area (TPSA) is 57.6 Å². The summed E-state index contributed by atoms with van der Waals surface area (Å²) in [4.78, 5) is 0.359. The molecule has 4 nitrogen and oxygen atoms in total. The number of aliphatic hydroxyl groups excluding tert-OH is 1. The highest BCUT2D eigenvalue weighted by Gasteiger charge is 2.32. The van der Waals surface area contributed by atoms with Gasteiger partial charge in [0.25, 0.3) is 0 Å². The van der Waals surface area contributed by atoms with Gasteiger partial charge in [0, 0.05) is 19.2 Å². The predicted molar refractivity (Wildman–Crippen MR) is 74.4 cm³/mol. The minimum absolute atomic E-state index is 0.0322. The van der Waals surface area contributed by atoms with Gasteiger partial charge >= 0.3 is 0 Å². The lowest BCUT2D eigenvalue weighted by molar-refractivity contribution is 0.192. The zero-order valence-corrected chi connectivity index (χ0v) is 12.1. The summed E-state index contributed by atoms with van der Waals surface area (Å²) >= 11 is 0. The molecule has 0 saturated carbocycles. The van der Waals surface area contributed by atoms with Gasteiger partial charge in [-0.3, -0.25) is 0 Å². The second-order valence-corrected chi connectivity index (χ2v) is 6.98. The molecule has 2 rings (SSSR count). The maximum Gasteiger partial charge on any atom is 0.243 e. The van der Waals surface area contributed by atoms with Crippen LogP contribution in [0.3, 0.4) is 0 Å². The van der Waals surface area contributed by atoms with Crippen molar-refractivity contribution >= 4 is 10.0 Å². The Labute approximate surface area is 115 Å². The molecule has 1 aromatic rings. The summed E-state index contributed by atoms with van der Waals surface area (Å²) in [6, 6.07) is 6.95. The minimum Gasteiger partial charge on any atom is -0.396 e. The molecule has 0 aliphatic carbocycles. The summed E-state index contributed by atoms with van der Waals surface area (Å²) in [5.41, 5.74) is 0.941. The van der Waals surface area contributed by atoms with Gasteiger partial charge in [-0.25, -0.2) is 8.42 Å². The Morgan fingerprint density at radius 1 is 1.37 bits per heavy atom. The van der Waals surface area contributed by atoms with Crippen LogP contribution < -0.4 is 0 Å². The van der Waals surface area contributed by atoms with E-state index in [9.17, 15) is 8.42 Å². The lowest BCUT2D eigenvalue weighted by Gasteiger charge is -2.34. The fourth-order valence-corrected chi connectivity index (χ4v) is 4.47. The van der Waals surface area contributed by atoms with Crippen LogP contribution in [0.5, 0.6) is 0 Å². The number of sulfonamides is 1. The van der Waals surface area contributed by atoms with Crippen molar-refractivity contribution in [1.82, 2.24) is 4.31 Å². The summed E-state index contributed by atoms with van der Waals surface area (Å²) in [7, 11) is -3.43. The van der Waals surface area contributed by atoms with Gasteiger partial charge < -0.3 is 5.11 Å². The van der Waals surface area contributed by atoms with Crippen molar-refractivity contribution in [1.29, 1.82) is 0 Å². The molecule has 1 aromatic carbocycles. The summed E-state index contributed by atoms with van der Waals surface area (Å²) in [6.07, 6.45) is 3.29. The monoisotopic (exact) mass is 283 g/mol. The van der Waals surface area contributed by atoms with Crippen molar-refractivity contribution in [2.75, 3.05) is 13.2 Å². The molecule has 1 aliphatic rings. The van der Waals surface area contributed by atoms with Crippen molar-refractivity contribution in [2.45, 2.75) is 43.5 Å². The number of aryl methyl sites for hydroxylation is 1. The van der Waals surface area contributed by atoms with E-state index in [1.807, 2.05) is 13.0 Å². The molecule has 5 heteroatoms. The maximum absolute atomic E-state index is 12.7. The quantitative estimate of drug-likeness (QED) is 0.918. The fourth-order valence-electron chi connectivity index (χ4n) is 2.64. The lowest BCUT2D eigenvalue weighted by Crippen LogP contribution is -2.44. The van der Waals surface area contributed by atoms with Crippen LogP contribution in [0.4, 0.5) is 0 Å². The Morgan fingerprint density at radius 3 is 2.84 bits per heavy atom. The third-order valence-corrected chi connectivity index (χ3v) is 5.58. The highest BCUT2D eigenvalue weighted by Crippen LogP contribution is 2.27. The smallest absolute Gasteiger partial charge is 0.243 e. The van der Waals surface area contributed by atoms with E-state index in [1.165, 1.54) is 0 Å². The van der Waals surface area contributed by atoms with Crippen molar-refractivity contribution < 1.29 is 13.5 Å². The molecule has 0 radical (unpaired) electrons. The SMILES string of the molecule is Cc1cccc(S(=O)(=O)N2CCCCC2CCO)c1. The number of benzene rings is 1. The van der Waals surface area contributed by atoms with E-state index in [-0.39, 0.29) is 12.6 Å². The highest BCUT2D eigenvalue weighted by molar-refractivity contribution is 7.89. The molecule has 0 amide bonds. The number of hydrogen-bond donors (Lipinski definition) is 1. The summed E-state index contributed by atoms with van der Waals surface area (Å²) in [5.74, 6) is 0. The van der Waals surface area contributed by atoms with Gasteiger partial charge in [0.2, 0.25) is 10.0 Å². The first kappa shape index (κ1) is 14.5. The fraction of sp³-hybridized carbons (Fsp3) is 0.571. The standard InChI is InChI=1S/C14H21NO3S/c1-12-5-4-7-14(11-12)19(17,18)15-9-3-2-6-13(15)8-10-16/h4-5,7,11,13,16H,2-3,6,8-10H2,1H3. The first-order valence-electron chi connectivity index (χ1n) is 6.75. The number of hydrogen-bond acceptors (Lipinski definition) is 3. The van der Waals surface area contributed by atoms with E-state index < -0.39 is 10.0 Å². The van der Waals surface area contributed by atoms with E-state index in [1.54, 1.807) is 22.5 Å². The Balaban J connectivity index is 2.31. The average molecular weight is 283 g/mol. The van der Waals surface area contributed by atoms with Gasteiger partial charge in [-0.05, 0) is 43.9 Å². The van der Waals surface area contributed by atoms with Crippen LogP contribution in [-0.4, -0.2) is 37.0 Å². The van der Waals surface area contributed by atoms with Crippen LogP contribution in [0.2, 0.25) is 0 Å². The molecule has 1 atom stereocenters. The zero-order valence-electron chi connectivity index (χ0n) is 11.2. The van der Waals surface area contributed by atoms with Crippen LogP contribution in [0.1, 0.15) is 31.2 Å². The molecule has 1 aliphatic heterocycles. The average Bonchev–Trinajstić information content (AvgIpc) is 2.39. The number of rotatable bonds is 4. The van der Waals surface area contributed by atoms with Crippen LogP contribution >= 0.6 is 0 Å². The Bertz CT molecular complexity index is 525. The summed E-state index contributed by atoms with van der Waals surface area (Å²) in [6.45, 7) is 2.48. The van der Waals surface area contributed by atoms with Gasteiger partial charge in [0.15, 0.2) is 0 Å². The third-order valence-electron chi connectivity index (χ3n) is 3.63. The van der Waals surface area contributed by atoms with E-state index in [2.05, 4.69) is 0 Å². The van der Waals surface area contributed by atoms with Crippen molar-refractivity contribution in [3.05, 3.63) is 29.8 Å². The molecule has 0 bridgehead atoms. The molecule has 0 spiro atoms. The van der Waals surface area contributed by atoms with Crippen molar-refractivity contribution in [3.8, 4) is 0 Å². The molecule has 1 heterocycles. The number of piperidine rings is 1. The Kier molecular flexibility index (Phi) is 4.60. The Hall–Kier alpha value is -0.910. The largest absolute Gasteiger partial charge is 0.396 e. The molecular weight excluding hydrogens is 262 g/mol. The highest BCUT2D eigenvalue weighted by atomic mass is 32.2. The molecule has 1 fully saturated rings. The van der Waals surface area contributed by atoms with Crippen LogP contribution in [0.15, 0.2) is 29.2 Å². The molecule has 1 N–H and O–H groups in total. The second kappa shape index (κ2) is 6.03. The predicted octanol–water partition coefficient (Wildman–Crippen LogP) is 1.92. The van der Waals surface area contributed by atoms with Crippen LogP contribution in [0, 0.1) is 6.92 Å². The summed E-state index contributed by atoms with van der Waals surface area (Å²) in [5, 5.41) is 9.10. The molecule has 106 valence electrons. The molecular formula is C14H21NO3S. The van der Waals surface area contributed by atoms with Gasteiger partial charge in [-0.15, -0.1) is 0 Å². The third kappa shape index (κ3) is 3.16. The summed E-state index contributed by atoms with van der Waals surface area (Å²) < 4.78 is 26.9. The number of nitrogens with zero attached hydrogens (tertiary/aromatic N) is 1. The van der Waals surface area contributed by atoms with E-state index in [4.69, 9.17) is 5.11 Å². The lowest BCUT2D eigenvalue weighted by atomic mass is 10.0. The maximum atomic E-state index is 12.7. The van der Waals surface area contributed by atoms with E-state index >= 15 is 0 Å².